The molecule has 3 N–H and O–H groups in total. The highest BCUT2D eigenvalue weighted by Crippen LogP contribution is 2.22. The van der Waals surface area contributed by atoms with E-state index in [0.717, 1.165) is 11.1 Å². The van der Waals surface area contributed by atoms with Crippen LogP contribution in [0.5, 0.6) is 5.75 Å². The van der Waals surface area contributed by atoms with Crippen molar-refractivity contribution in [3.63, 3.8) is 0 Å². The van der Waals surface area contributed by atoms with E-state index in [9.17, 15) is 14.4 Å². The number of rotatable bonds is 5. The van der Waals surface area contributed by atoms with E-state index in [1.54, 1.807) is 58.0 Å². The average molecular weight is 412 g/mol. The second-order valence-electron chi connectivity index (χ2n) is 8.19. The zero-order chi connectivity index (χ0) is 22.5. The van der Waals surface area contributed by atoms with Gasteiger partial charge in [0.05, 0.1) is 0 Å². The molecular weight excluding hydrogens is 382 g/mol. The monoisotopic (exact) mass is 411 g/mol. The van der Waals surface area contributed by atoms with Gasteiger partial charge in [-0.1, -0.05) is 39.0 Å². The minimum atomic E-state index is -0.803. The summed E-state index contributed by atoms with van der Waals surface area (Å²) in [7, 11) is 0. The minimum absolute atomic E-state index is 0.161. The van der Waals surface area contributed by atoms with Crippen molar-refractivity contribution >= 4 is 23.4 Å². The van der Waals surface area contributed by atoms with Crippen LogP contribution in [0.4, 0.5) is 5.69 Å². The fourth-order valence-corrected chi connectivity index (χ4v) is 2.44. The van der Waals surface area contributed by atoms with Gasteiger partial charge in [-0.2, -0.15) is 0 Å². The highest BCUT2D eigenvalue weighted by molar-refractivity contribution is 5.99. The molecule has 7 heteroatoms. The van der Waals surface area contributed by atoms with E-state index in [-0.39, 0.29) is 5.91 Å². The number of ether oxygens (including phenoxy) is 1. The number of aryl methyl sites for hydroxylation is 1. The van der Waals surface area contributed by atoms with Crippen LogP contribution in [0.15, 0.2) is 42.5 Å². The average Bonchev–Trinajstić information content (AvgIpc) is 2.68. The van der Waals surface area contributed by atoms with Crippen molar-refractivity contribution in [3.8, 4) is 5.75 Å². The van der Waals surface area contributed by atoms with Gasteiger partial charge in [0.15, 0.2) is 6.10 Å². The summed E-state index contributed by atoms with van der Waals surface area (Å²) in [5.74, 6) is -0.535. The summed E-state index contributed by atoms with van der Waals surface area (Å²) >= 11 is 0. The summed E-state index contributed by atoms with van der Waals surface area (Å²) in [6, 6.07) is 12.1. The summed E-state index contributed by atoms with van der Waals surface area (Å²) in [4.78, 5) is 36.8. The highest BCUT2D eigenvalue weighted by atomic mass is 16.5. The van der Waals surface area contributed by atoms with E-state index < -0.39 is 23.3 Å². The molecule has 0 aliphatic heterocycles. The Hall–Kier alpha value is -3.35. The molecule has 2 aromatic carbocycles. The van der Waals surface area contributed by atoms with Gasteiger partial charge in [-0.05, 0) is 56.2 Å². The van der Waals surface area contributed by atoms with Crippen molar-refractivity contribution < 1.29 is 19.1 Å². The Balaban J connectivity index is 1.95. The first kappa shape index (κ1) is 22.9. The Morgan fingerprint density at radius 2 is 1.63 bits per heavy atom. The SMILES string of the molecule is Cc1cccc(O[C@@H](C)C(=O)NNC(=O)c2cccc(NC(=O)C(C)(C)C)c2)c1C. The van der Waals surface area contributed by atoms with Crippen LogP contribution in [0.3, 0.4) is 0 Å². The number of hydrazine groups is 1. The van der Waals surface area contributed by atoms with Crippen LogP contribution in [-0.2, 0) is 9.59 Å². The van der Waals surface area contributed by atoms with Gasteiger partial charge in [-0.25, -0.2) is 0 Å². The molecule has 0 saturated carbocycles. The Bertz CT molecular complexity index is 948. The number of nitrogens with one attached hydrogen (secondary N) is 3. The number of hydrogen-bond acceptors (Lipinski definition) is 4. The smallest absolute Gasteiger partial charge is 0.279 e. The van der Waals surface area contributed by atoms with E-state index in [4.69, 9.17) is 4.74 Å². The zero-order valence-electron chi connectivity index (χ0n) is 18.3. The van der Waals surface area contributed by atoms with Crippen molar-refractivity contribution in [3.05, 3.63) is 59.2 Å². The predicted molar refractivity (Wildman–Crippen MR) is 116 cm³/mol. The van der Waals surface area contributed by atoms with Crippen LogP contribution in [0.25, 0.3) is 0 Å². The van der Waals surface area contributed by atoms with E-state index in [0.29, 0.717) is 17.0 Å². The summed E-state index contributed by atoms with van der Waals surface area (Å²) in [6.45, 7) is 10.9. The van der Waals surface area contributed by atoms with Crippen LogP contribution in [0.2, 0.25) is 0 Å². The molecule has 0 saturated heterocycles. The molecule has 0 heterocycles. The second kappa shape index (κ2) is 9.43. The molecule has 0 aliphatic carbocycles. The first-order chi connectivity index (χ1) is 14.0. The molecule has 7 nitrogen and oxygen atoms in total. The normalized spacial score (nSPS) is 11.9. The molecule has 160 valence electrons. The molecule has 2 rings (SSSR count). The van der Waals surface area contributed by atoms with Crippen LogP contribution in [0, 0.1) is 19.3 Å². The zero-order valence-corrected chi connectivity index (χ0v) is 18.3. The van der Waals surface area contributed by atoms with Gasteiger partial charge in [0.2, 0.25) is 5.91 Å². The third-order valence-electron chi connectivity index (χ3n) is 4.59. The number of hydrogen-bond donors (Lipinski definition) is 3. The Kier molecular flexibility index (Phi) is 7.21. The summed E-state index contributed by atoms with van der Waals surface area (Å²) in [5, 5.41) is 2.77. The molecule has 0 spiro atoms. The maximum absolute atomic E-state index is 12.4. The quantitative estimate of drug-likeness (QED) is 0.656. The number of amides is 3. The van der Waals surface area contributed by atoms with Gasteiger partial charge in [0.25, 0.3) is 11.8 Å². The molecule has 3 amide bonds. The summed E-state index contributed by atoms with van der Waals surface area (Å²) in [6.07, 6.45) is -0.803. The maximum Gasteiger partial charge on any atom is 0.279 e. The number of benzene rings is 2. The van der Waals surface area contributed by atoms with Crippen LogP contribution in [0.1, 0.15) is 49.2 Å². The fraction of sp³-hybridized carbons (Fsp3) is 0.348. The molecule has 30 heavy (non-hydrogen) atoms. The first-order valence-corrected chi connectivity index (χ1v) is 9.73. The van der Waals surface area contributed by atoms with Crippen molar-refractivity contribution in [2.24, 2.45) is 5.41 Å². The molecule has 0 radical (unpaired) electrons. The van der Waals surface area contributed by atoms with Crippen LogP contribution in [-0.4, -0.2) is 23.8 Å². The van der Waals surface area contributed by atoms with Gasteiger partial charge < -0.3 is 10.1 Å². The molecule has 0 fully saturated rings. The van der Waals surface area contributed by atoms with E-state index in [1.807, 2.05) is 26.0 Å². The lowest BCUT2D eigenvalue weighted by atomic mass is 9.95. The third-order valence-corrected chi connectivity index (χ3v) is 4.59. The van der Waals surface area contributed by atoms with Crippen molar-refractivity contribution in [2.45, 2.75) is 47.6 Å². The molecule has 2 aromatic rings. The molecule has 0 aromatic heterocycles. The molecular formula is C23H29N3O4. The lowest BCUT2D eigenvalue weighted by Gasteiger charge is -2.18. The van der Waals surface area contributed by atoms with Gasteiger partial charge >= 0.3 is 0 Å². The molecule has 0 aliphatic rings. The van der Waals surface area contributed by atoms with E-state index in [1.165, 1.54) is 0 Å². The fourth-order valence-electron chi connectivity index (χ4n) is 2.44. The maximum atomic E-state index is 12.4. The van der Waals surface area contributed by atoms with Crippen molar-refractivity contribution in [1.29, 1.82) is 0 Å². The van der Waals surface area contributed by atoms with Crippen LogP contribution >= 0.6 is 0 Å². The largest absolute Gasteiger partial charge is 0.481 e. The highest BCUT2D eigenvalue weighted by Gasteiger charge is 2.21. The van der Waals surface area contributed by atoms with E-state index >= 15 is 0 Å². The standard InChI is InChI=1S/C23H29N3O4/c1-14-9-7-12-19(15(14)2)30-16(3)20(27)25-26-21(28)17-10-8-11-18(13-17)24-22(29)23(4,5)6/h7-13,16H,1-6H3,(H,24,29)(H,25,27)(H,26,28)/t16-/m0/s1. The van der Waals surface area contributed by atoms with Gasteiger partial charge in [-0.15, -0.1) is 0 Å². The Labute approximate surface area is 177 Å². The van der Waals surface area contributed by atoms with Gasteiger partial charge in [0, 0.05) is 16.7 Å². The summed E-state index contributed by atoms with van der Waals surface area (Å²) < 4.78 is 5.71. The predicted octanol–water partition coefficient (Wildman–Crippen LogP) is 3.52. The van der Waals surface area contributed by atoms with E-state index in [2.05, 4.69) is 16.2 Å². The van der Waals surface area contributed by atoms with Crippen LogP contribution < -0.4 is 20.9 Å². The number of anilines is 1. The Morgan fingerprint density at radius 1 is 0.967 bits per heavy atom. The molecule has 0 bridgehead atoms. The molecule has 0 unspecified atom stereocenters. The lowest BCUT2D eigenvalue weighted by Crippen LogP contribution is -2.47. The minimum Gasteiger partial charge on any atom is -0.481 e. The van der Waals surface area contributed by atoms with Gasteiger partial charge in [-0.3, -0.25) is 25.2 Å². The second-order valence-corrected chi connectivity index (χ2v) is 8.19. The Morgan fingerprint density at radius 3 is 2.30 bits per heavy atom. The molecule has 1 atom stereocenters. The topological polar surface area (TPSA) is 96.5 Å². The lowest BCUT2D eigenvalue weighted by molar-refractivity contribution is -0.128. The summed E-state index contributed by atoms with van der Waals surface area (Å²) in [5.41, 5.74) is 6.99. The third kappa shape index (κ3) is 6.07. The van der Waals surface area contributed by atoms with Gasteiger partial charge in [0.1, 0.15) is 5.75 Å². The van der Waals surface area contributed by atoms with Crippen molar-refractivity contribution in [1.82, 2.24) is 10.9 Å². The van der Waals surface area contributed by atoms with Crippen molar-refractivity contribution in [2.75, 3.05) is 5.32 Å². The number of carbonyl (C=O) groups excluding carboxylic acids is 3. The number of carbonyl (C=O) groups is 3. The first-order valence-electron chi connectivity index (χ1n) is 9.73.